The Balaban J connectivity index is 1.37. The van der Waals surface area contributed by atoms with Gasteiger partial charge in [0.15, 0.2) is 10.8 Å². The lowest BCUT2D eigenvalue weighted by atomic mass is 10.0. The molecule has 5 rings (SSSR count). The van der Waals surface area contributed by atoms with Crippen LogP contribution in [0.2, 0.25) is 0 Å². The van der Waals surface area contributed by atoms with Crippen molar-refractivity contribution in [1.29, 1.82) is 0 Å². The van der Waals surface area contributed by atoms with Gasteiger partial charge in [-0.05, 0) is 49.7 Å². The van der Waals surface area contributed by atoms with Crippen LogP contribution < -0.4 is 32.2 Å². The predicted molar refractivity (Wildman–Crippen MR) is 167 cm³/mol. The highest BCUT2D eigenvalue weighted by atomic mass is 32.2. The van der Waals surface area contributed by atoms with Crippen LogP contribution in [0.4, 0.5) is 16.8 Å². The van der Waals surface area contributed by atoms with E-state index in [9.17, 15) is 19.5 Å². The maximum absolute atomic E-state index is 13.2. The minimum Gasteiger partial charge on any atom is -0.543 e. The topological polar surface area (TPSA) is 219 Å². The number of carbonyl (C=O) groups excluding carboxylic acids is 3. The summed E-state index contributed by atoms with van der Waals surface area (Å²) in [6, 6.07) is 6.45. The molecule has 0 radical (unpaired) electrons. The number of nitrogens with zero attached hydrogens (tertiary/aromatic N) is 5. The van der Waals surface area contributed by atoms with E-state index in [1.165, 1.54) is 23.5 Å². The van der Waals surface area contributed by atoms with E-state index in [1.807, 2.05) is 32.0 Å². The number of benzene rings is 1. The fourth-order valence-electron chi connectivity index (χ4n) is 4.79. The Hall–Kier alpha value is -4.35. The molecule has 0 bridgehead atoms. The van der Waals surface area contributed by atoms with Gasteiger partial charge in [0.2, 0.25) is 11.6 Å². The number of hydrogen-bond donors (Lipinski definition) is 4. The van der Waals surface area contributed by atoms with E-state index in [-0.39, 0.29) is 46.2 Å². The monoisotopic (exact) mass is 655 g/mol. The van der Waals surface area contributed by atoms with Crippen LogP contribution in [0.5, 0.6) is 0 Å². The minimum absolute atomic E-state index is 0.148. The van der Waals surface area contributed by atoms with Crippen molar-refractivity contribution in [3.8, 4) is 5.69 Å². The van der Waals surface area contributed by atoms with E-state index in [0.717, 1.165) is 33.1 Å². The fraction of sp³-hybridized carbons (Fsp3) is 0.296. The van der Waals surface area contributed by atoms with Crippen LogP contribution in [0.1, 0.15) is 23.7 Å². The molecule has 7 N–H and O–H groups in total. The molecule has 14 nitrogen and oxygen atoms in total. The molecule has 0 spiro atoms. The number of thiazole rings is 1. The number of anilines is 3. The molecule has 17 heteroatoms. The summed E-state index contributed by atoms with van der Waals surface area (Å²) in [7, 11) is 0. The highest BCUT2D eigenvalue weighted by molar-refractivity contribution is 8.01. The summed E-state index contributed by atoms with van der Waals surface area (Å²) in [4.78, 5) is 53.5. The molecule has 2 aromatic heterocycles. The zero-order valence-corrected chi connectivity index (χ0v) is 26.3. The number of β-lactam (4-membered cyclic amide) rings is 1. The Labute approximate surface area is 264 Å². The molecule has 1 aromatic carbocycles. The molecular weight excluding hydrogens is 627 g/mol. The number of rotatable bonds is 10. The third-order valence-electron chi connectivity index (χ3n) is 6.73. The molecule has 1 fully saturated rings. The van der Waals surface area contributed by atoms with E-state index in [1.54, 1.807) is 22.9 Å². The van der Waals surface area contributed by atoms with Gasteiger partial charge in [-0.1, -0.05) is 27.8 Å². The van der Waals surface area contributed by atoms with E-state index in [2.05, 4.69) is 20.4 Å². The summed E-state index contributed by atoms with van der Waals surface area (Å²) in [5, 5.41) is 20.4. The number of oxime groups is 1. The number of aryl methyl sites for hydroxylation is 2. The lowest BCUT2D eigenvalue weighted by molar-refractivity contribution is -0.626. The van der Waals surface area contributed by atoms with Crippen molar-refractivity contribution in [2.75, 3.05) is 35.3 Å². The number of aromatic nitrogens is 3. The highest BCUT2D eigenvalue weighted by Crippen LogP contribution is 2.41. The van der Waals surface area contributed by atoms with Gasteiger partial charge in [0.05, 0.1) is 17.7 Å². The van der Waals surface area contributed by atoms with Gasteiger partial charge in [0.1, 0.15) is 29.4 Å². The second-order valence-electron chi connectivity index (χ2n) is 9.83. The number of thioether (sulfide) groups is 2. The van der Waals surface area contributed by atoms with E-state index in [4.69, 9.17) is 22.0 Å². The maximum atomic E-state index is 13.2. The average Bonchev–Trinajstić information content (AvgIpc) is 3.40. The van der Waals surface area contributed by atoms with E-state index >= 15 is 0 Å². The lowest BCUT2D eigenvalue weighted by Crippen LogP contribution is -2.71. The molecule has 2 atom stereocenters. The second-order valence-corrected chi connectivity index (χ2v) is 12.8. The summed E-state index contributed by atoms with van der Waals surface area (Å²) in [6.07, 6.45) is 0. The first-order valence-electron chi connectivity index (χ1n) is 13.3. The van der Waals surface area contributed by atoms with Gasteiger partial charge in [-0.2, -0.15) is 4.57 Å². The highest BCUT2D eigenvalue weighted by Gasteiger charge is 2.53. The normalized spacial score (nSPS) is 18.1. The van der Waals surface area contributed by atoms with Crippen LogP contribution in [-0.2, 0) is 19.2 Å². The molecule has 1 unspecified atom stereocenters. The zero-order valence-electron chi connectivity index (χ0n) is 23.9. The number of amides is 2. The van der Waals surface area contributed by atoms with Crippen LogP contribution in [0, 0.1) is 13.8 Å². The molecule has 44 heavy (non-hydrogen) atoms. The van der Waals surface area contributed by atoms with Gasteiger partial charge < -0.3 is 37.3 Å². The third kappa shape index (κ3) is 6.02. The first kappa shape index (κ1) is 31.1. The number of carboxylic acids is 1. The Morgan fingerprint density at radius 3 is 2.68 bits per heavy atom. The number of nitrogens with two attached hydrogens (primary N) is 3. The van der Waals surface area contributed by atoms with Crippen LogP contribution in [0.15, 0.2) is 51.2 Å². The van der Waals surface area contributed by atoms with E-state index < -0.39 is 29.2 Å². The van der Waals surface area contributed by atoms with Gasteiger partial charge in [-0.25, -0.2) is 4.98 Å². The SMILES string of the molecule is CCO/N=C(\C(=O)NC1C(=O)N2C(C(=O)[O-])=C(CSc3nc(N)cc(N)[n+]3-c3ccc(C)cc3C)CS[C@H]12)c1csc(N)n1. The standard InChI is InChI=1S/C27H29N9O5S3/c1-4-41-34-19(15-11-43-26(30)31-15)22(37)33-20-23(38)36-21(25(39)40)14(9-42-24(20)36)10-44-27-32-17(28)8-18(29)35(27)16-6-5-12(2)7-13(16)3/h5-8,11,20,24H,4,9-10H2,1-3H3,(H7,28,29,30,31,33,37,39,40)/b34-19-/t20?,24-/m1/s1. The lowest BCUT2D eigenvalue weighted by Gasteiger charge is -2.50. The Morgan fingerprint density at radius 1 is 1.25 bits per heavy atom. The van der Waals surface area contributed by atoms with Gasteiger partial charge in [-0.15, -0.1) is 23.1 Å². The van der Waals surface area contributed by atoms with Crippen molar-refractivity contribution < 1.29 is 28.9 Å². The predicted octanol–water partition coefficient (Wildman–Crippen LogP) is 0.115. The molecule has 0 aliphatic carbocycles. The maximum Gasteiger partial charge on any atom is 0.306 e. The molecule has 230 valence electrons. The quantitative estimate of drug-likeness (QED) is 0.0571. The zero-order chi connectivity index (χ0) is 31.7. The number of fused-ring (bicyclic) bond motifs is 1. The molecule has 2 aliphatic rings. The summed E-state index contributed by atoms with van der Waals surface area (Å²) in [6.45, 7) is 5.84. The number of hydrogen-bond acceptors (Lipinski definition) is 14. The number of carbonyl (C=O) groups is 3. The number of carboxylic acid groups (broad SMARTS) is 1. The first-order chi connectivity index (χ1) is 21.0. The van der Waals surface area contributed by atoms with Crippen molar-refractivity contribution in [3.63, 3.8) is 0 Å². The van der Waals surface area contributed by atoms with Crippen molar-refractivity contribution >= 4 is 75.1 Å². The summed E-state index contributed by atoms with van der Waals surface area (Å²) in [5.74, 6) is -1.79. The first-order valence-corrected chi connectivity index (χ1v) is 16.2. The molecule has 2 amide bonds. The molecule has 1 saturated heterocycles. The van der Waals surface area contributed by atoms with Crippen LogP contribution in [0.3, 0.4) is 0 Å². The fourth-order valence-corrected chi connectivity index (χ4v) is 7.86. The molecule has 0 saturated carbocycles. The van der Waals surface area contributed by atoms with Crippen molar-refractivity contribution in [2.45, 2.75) is 37.3 Å². The Bertz CT molecular complexity index is 1720. The summed E-state index contributed by atoms with van der Waals surface area (Å²) >= 11 is 3.68. The van der Waals surface area contributed by atoms with Crippen molar-refractivity contribution in [2.24, 2.45) is 5.16 Å². The molecular formula is C27H29N9O5S3. The van der Waals surface area contributed by atoms with Crippen molar-refractivity contribution in [3.05, 3.63) is 57.7 Å². The van der Waals surface area contributed by atoms with Crippen LogP contribution >= 0.6 is 34.9 Å². The molecule has 4 heterocycles. The van der Waals surface area contributed by atoms with Crippen molar-refractivity contribution in [1.82, 2.24) is 20.2 Å². The second kappa shape index (κ2) is 12.7. The largest absolute Gasteiger partial charge is 0.543 e. The summed E-state index contributed by atoms with van der Waals surface area (Å²) < 4.78 is 1.76. The number of nitrogens with one attached hydrogen (secondary N) is 1. The number of nitrogen functional groups attached to an aromatic ring is 3. The van der Waals surface area contributed by atoms with E-state index in [0.29, 0.717) is 16.5 Å². The molecule has 2 aliphatic heterocycles. The third-order valence-corrected chi connectivity index (χ3v) is 9.77. The smallest absolute Gasteiger partial charge is 0.306 e. The summed E-state index contributed by atoms with van der Waals surface area (Å²) in [5.41, 5.74) is 21.2. The van der Waals surface area contributed by atoms with Gasteiger partial charge in [0.25, 0.3) is 11.8 Å². The minimum atomic E-state index is -1.50. The van der Waals surface area contributed by atoms with Gasteiger partial charge >= 0.3 is 5.16 Å². The number of aliphatic carboxylic acids is 1. The van der Waals surface area contributed by atoms with Gasteiger partial charge in [-0.3, -0.25) is 14.5 Å². The van der Waals surface area contributed by atoms with Crippen LogP contribution in [-0.4, -0.2) is 67.9 Å². The molecule has 3 aromatic rings. The van der Waals surface area contributed by atoms with Crippen LogP contribution in [0.25, 0.3) is 5.69 Å². The Morgan fingerprint density at radius 2 is 2.02 bits per heavy atom. The average molecular weight is 656 g/mol. The Kier molecular flexibility index (Phi) is 8.98. The van der Waals surface area contributed by atoms with Gasteiger partial charge in [0, 0.05) is 16.9 Å².